The van der Waals surface area contributed by atoms with Crippen molar-refractivity contribution in [3.63, 3.8) is 0 Å². The zero-order valence-electron chi connectivity index (χ0n) is 22.8. The lowest BCUT2D eigenvalue weighted by atomic mass is 10.0. The minimum atomic E-state index is -1.00. The molecule has 0 spiro atoms. The molecule has 0 saturated heterocycles. The number of amides is 2. The second-order valence-electron chi connectivity index (χ2n) is 10.6. The van der Waals surface area contributed by atoms with E-state index in [1.54, 1.807) is 12.1 Å². The number of hydrogen-bond donors (Lipinski definition) is 4. The quantitative estimate of drug-likeness (QED) is 0.351. The van der Waals surface area contributed by atoms with Gasteiger partial charge < -0.3 is 21.5 Å². The van der Waals surface area contributed by atoms with Gasteiger partial charge in [0.1, 0.15) is 12.1 Å². The van der Waals surface area contributed by atoms with Gasteiger partial charge in [0.25, 0.3) is 5.91 Å². The number of fused-ring (bicyclic) bond motifs is 1. The molecule has 2 rings (SSSR count). The van der Waals surface area contributed by atoms with E-state index in [9.17, 15) is 19.5 Å². The number of carbonyl (C=O) groups is 3. The van der Waals surface area contributed by atoms with Gasteiger partial charge >= 0.3 is 5.97 Å². The molecule has 0 aliphatic rings. The first-order chi connectivity index (χ1) is 17.3. The molecule has 0 heterocycles. The molecule has 8 nitrogen and oxygen atoms in total. The second kappa shape index (κ2) is 15.6. The van der Waals surface area contributed by atoms with Crippen molar-refractivity contribution in [1.29, 1.82) is 5.26 Å². The van der Waals surface area contributed by atoms with Crippen LogP contribution in [0, 0.1) is 29.1 Å². The lowest BCUT2D eigenvalue weighted by molar-refractivity contribution is -0.139. The van der Waals surface area contributed by atoms with Gasteiger partial charge in [0.15, 0.2) is 0 Å². The van der Waals surface area contributed by atoms with E-state index in [2.05, 4.69) is 16.7 Å². The average Bonchev–Trinajstić information content (AvgIpc) is 2.82. The molecule has 0 fully saturated rings. The molecular weight excluding hydrogens is 468 g/mol. The Bertz CT molecular complexity index is 1080. The summed E-state index contributed by atoms with van der Waals surface area (Å²) in [5.74, 6) is -0.617. The van der Waals surface area contributed by atoms with Crippen LogP contribution in [0.5, 0.6) is 0 Å². The van der Waals surface area contributed by atoms with Gasteiger partial charge in [-0.2, -0.15) is 5.26 Å². The summed E-state index contributed by atoms with van der Waals surface area (Å²) in [5.41, 5.74) is 6.21. The molecule has 0 bridgehead atoms. The monoisotopic (exact) mass is 510 g/mol. The summed E-state index contributed by atoms with van der Waals surface area (Å²) in [6.45, 7) is 11.9. The summed E-state index contributed by atoms with van der Waals surface area (Å²) in [5, 5.41) is 25.3. The summed E-state index contributed by atoms with van der Waals surface area (Å²) in [6.07, 6.45) is 1.72. The number of nitrogens with one attached hydrogen (secondary N) is 2. The third-order valence-electron chi connectivity index (χ3n) is 5.56. The molecule has 2 unspecified atom stereocenters. The summed E-state index contributed by atoms with van der Waals surface area (Å²) in [7, 11) is 0. The standard InChI is InChI=1S/C17H19NO3.C12H23N3O/c1-11(2)9-15(17(20)21)18-16(19)14-8-7-12-5-3-4-6-13(12)10-14;1-8(2)5-10(7-13)15-12(16)11(14)6-9(3)4/h3-8,10-11,15H,9H2,1-2H3,(H,18,19)(H,20,21);8-11H,5-6,14H2,1-4H3,(H,15,16)/t15-;/m0./s1. The fourth-order valence-corrected chi connectivity index (χ4v) is 3.77. The number of carboxylic acid groups (broad SMARTS) is 1. The van der Waals surface area contributed by atoms with Crippen LogP contribution < -0.4 is 16.4 Å². The summed E-state index contributed by atoms with van der Waals surface area (Å²) in [4.78, 5) is 35.1. The number of rotatable bonds is 11. The summed E-state index contributed by atoms with van der Waals surface area (Å²) < 4.78 is 0. The maximum Gasteiger partial charge on any atom is 0.326 e. The van der Waals surface area contributed by atoms with Gasteiger partial charge in [-0.1, -0.05) is 71.9 Å². The van der Waals surface area contributed by atoms with Crippen LogP contribution in [0.25, 0.3) is 10.8 Å². The predicted molar refractivity (Wildman–Crippen MR) is 147 cm³/mol. The van der Waals surface area contributed by atoms with Crippen LogP contribution in [0.3, 0.4) is 0 Å². The maximum atomic E-state index is 12.2. The van der Waals surface area contributed by atoms with Crippen LogP contribution in [0.4, 0.5) is 0 Å². The van der Waals surface area contributed by atoms with E-state index < -0.39 is 24.1 Å². The van der Waals surface area contributed by atoms with Crippen molar-refractivity contribution in [2.45, 2.75) is 78.9 Å². The van der Waals surface area contributed by atoms with E-state index in [0.717, 1.165) is 10.8 Å². The molecule has 0 aliphatic heterocycles. The topological polar surface area (TPSA) is 145 Å². The fraction of sp³-hybridized carbons (Fsp3) is 0.517. The van der Waals surface area contributed by atoms with Crippen molar-refractivity contribution in [3.8, 4) is 6.07 Å². The molecule has 3 atom stereocenters. The molecule has 2 aromatic carbocycles. The van der Waals surface area contributed by atoms with E-state index in [4.69, 9.17) is 11.0 Å². The van der Waals surface area contributed by atoms with Crippen LogP contribution >= 0.6 is 0 Å². The van der Waals surface area contributed by atoms with E-state index in [1.165, 1.54) is 0 Å². The summed E-state index contributed by atoms with van der Waals surface area (Å²) >= 11 is 0. The second-order valence-corrected chi connectivity index (χ2v) is 10.6. The van der Waals surface area contributed by atoms with Crippen LogP contribution in [-0.2, 0) is 9.59 Å². The zero-order chi connectivity index (χ0) is 28.1. The Morgan fingerprint density at radius 3 is 1.95 bits per heavy atom. The first-order valence-corrected chi connectivity index (χ1v) is 12.8. The number of nitriles is 1. The Morgan fingerprint density at radius 2 is 1.43 bits per heavy atom. The molecule has 2 aromatic rings. The van der Waals surface area contributed by atoms with Crippen molar-refractivity contribution < 1.29 is 19.5 Å². The third kappa shape index (κ3) is 11.9. The Morgan fingerprint density at radius 1 is 0.865 bits per heavy atom. The maximum absolute atomic E-state index is 12.2. The van der Waals surface area contributed by atoms with Crippen LogP contribution in [0.15, 0.2) is 42.5 Å². The Labute approximate surface area is 220 Å². The summed E-state index contributed by atoms with van der Waals surface area (Å²) in [6, 6.07) is 13.4. The molecule has 202 valence electrons. The molecule has 0 aliphatic carbocycles. The molecule has 0 aromatic heterocycles. The van der Waals surface area contributed by atoms with E-state index in [1.807, 2.05) is 71.9 Å². The first-order valence-electron chi connectivity index (χ1n) is 12.8. The third-order valence-corrected chi connectivity index (χ3v) is 5.56. The molecule has 5 N–H and O–H groups in total. The zero-order valence-corrected chi connectivity index (χ0v) is 22.8. The number of aliphatic carboxylic acids is 1. The SMILES string of the molecule is CC(C)CC(C#N)NC(=O)C(N)CC(C)C.CC(C)C[C@H](NC(=O)c1ccc2ccccc2c1)C(=O)O. The van der Waals surface area contributed by atoms with Crippen LogP contribution in [0.2, 0.25) is 0 Å². The van der Waals surface area contributed by atoms with Gasteiger partial charge in [0.05, 0.1) is 12.1 Å². The van der Waals surface area contributed by atoms with E-state index >= 15 is 0 Å². The molecule has 0 saturated carbocycles. The minimum absolute atomic E-state index is 0.197. The molecular formula is C29H42N4O4. The van der Waals surface area contributed by atoms with Crippen molar-refractivity contribution in [2.24, 2.45) is 23.5 Å². The highest BCUT2D eigenvalue weighted by Crippen LogP contribution is 2.16. The minimum Gasteiger partial charge on any atom is -0.480 e. The normalized spacial score (nSPS) is 13.3. The molecule has 0 radical (unpaired) electrons. The first kappa shape index (κ1) is 31.6. The number of carboxylic acids is 1. The van der Waals surface area contributed by atoms with Crippen molar-refractivity contribution in [1.82, 2.24) is 10.6 Å². The number of hydrogen-bond acceptors (Lipinski definition) is 5. The van der Waals surface area contributed by atoms with Gasteiger partial charge in [0, 0.05) is 5.56 Å². The van der Waals surface area contributed by atoms with E-state index in [-0.39, 0.29) is 17.7 Å². The van der Waals surface area contributed by atoms with Gasteiger partial charge in [-0.3, -0.25) is 9.59 Å². The van der Waals surface area contributed by atoms with Crippen molar-refractivity contribution in [3.05, 3.63) is 48.0 Å². The Balaban J connectivity index is 0.000000387. The van der Waals surface area contributed by atoms with Crippen LogP contribution in [0.1, 0.15) is 71.2 Å². The average molecular weight is 511 g/mol. The fourth-order valence-electron chi connectivity index (χ4n) is 3.77. The number of benzene rings is 2. The molecule has 37 heavy (non-hydrogen) atoms. The van der Waals surface area contributed by atoms with Crippen LogP contribution in [-0.4, -0.2) is 41.0 Å². The smallest absolute Gasteiger partial charge is 0.326 e. The number of carbonyl (C=O) groups excluding carboxylic acids is 2. The highest BCUT2D eigenvalue weighted by Gasteiger charge is 2.22. The highest BCUT2D eigenvalue weighted by molar-refractivity contribution is 6.00. The largest absolute Gasteiger partial charge is 0.480 e. The lowest BCUT2D eigenvalue weighted by Gasteiger charge is -2.18. The Kier molecular flexibility index (Phi) is 13.3. The van der Waals surface area contributed by atoms with Gasteiger partial charge in [-0.15, -0.1) is 0 Å². The van der Waals surface area contributed by atoms with Gasteiger partial charge in [0.2, 0.25) is 5.91 Å². The van der Waals surface area contributed by atoms with Crippen molar-refractivity contribution in [2.75, 3.05) is 0 Å². The number of nitrogens with two attached hydrogens (primary N) is 1. The van der Waals surface area contributed by atoms with E-state index in [0.29, 0.717) is 36.7 Å². The highest BCUT2D eigenvalue weighted by atomic mass is 16.4. The predicted octanol–water partition coefficient (Wildman–Crippen LogP) is 4.48. The molecule has 2 amide bonds. The lowest BCUT2D eigenvalue weighted by Crippen LogP contribution is -2.45. The van der Waals surface area contributed by atoms with Gasteiger partial charge in [-0.25, -0.2) is 4.79 Å². The number of nitrogens with zero attached hydrogens (tertiary/aromatic N) is 1. The van der Waals surface area contributed by atoms with Crippen molar-refractivity contribution >= 4 is 28.6 Å². The Hall–Kier alpha value is -3.44. The van der Waals surface area contributed by atoms with Gasteiger partial charge in [-0.05, 0) is 59.9 Å². The molecule has 8 heteroatoms.